The van der Waals surface area contributed by atoms with Crippen molar-refractivity contribution in [1.82, 2.24) is 19.9 Å². The fraction of sp³-hybridized carbons (Fsp3) is 0.229. The van der Waals surface area contributed by atoms with Gasteiger partial charge in [0.05, 0.1) is 0 Å². The van der Waals surface area contributed by atoms with Crippen molar-refractivity contribution in [3.8, 4) is 51.5 Å². The summed E-state index contributed by atoms with van der Waals surface area (Å²) in [5, 5.41) is 9.06. The summed E-state index contributed by atoms with van der Waals surface area (Å²) in [6, 6.07) is 31.3. The molecule has 3 aromatic carbocycles. The first-order chi connectivity index (χ1) is 19.0. The van der Waals surface area contributed by atoms with Crippen molar-refractivity contribution in [2.75, 3.05) is 0 Å². The van der Waals surface area contributed by atoms with Crippen LogP contribution in [0.4, 0.5) is 0 Å². The quantitative estimate of drug-likeness (QED) is 0.176. The van der Waals surface area contributed by atoms with Crippen molar-refractivity contribution in [3.05, 3.63) is 108 Å². The van der Waals surface area contributed by atoms with Gasteiger partial charge in [0.15, 0.2) is 17.5 Å². The summed E-state index contributed by atoms with van der Waals surface area (Å²) >= 11 is 0. The Hall–Kier alpha value is -4.04. The zero-order valence-corrected chi connectivity index (χ0v) is 26.5. The summed E-state index contributed by atoms with van der Waals surface area (Å²) in [6.45, 7) is 13.2. The molecular weight excluding hydrogens is 683 g/mol. The monoisotopic (exact) mass is 715 g/mol. The minimum absolute atomic E-state index is 0. The Bertz CT molecular complexity index is 1590. The second kappa shape index (κ2) is 11.8. The van der Waals surface area contributed by atoms with Crippen LogP contribution >= 0.6 is 0 Å². The fourth-order valence-electron chi connectivity index (χ4n) is 4.34. The predicted octanol–water partition coefficient (Wildman–Crippen LogP) is 8.20. The van der Waals surface area contributed by atoms with Gasteiger partial charge in [-0.15, -0.1) is 29.8 Å². The van der Waals surface area contributed by atoms with E-state index in [4.69, 9.17) is 20.2 Å². The van der Waals surface area contributed by atoms with Gasteiger partial charge in [-0.05, 0) is 33.2 Å². The Labute approximate surface area is 256 Å². The number of hydrogen-bond donors (Lipinski definition) is 0. The average molecular weight is 715 g/mol. The topological polar surface area (TPSA) is 75.3 Å². The molecule has 41 heavy (non-hydrogen) atoms. The van der Waals surface area contributed by atoms with E-state index in [2.05, 4.69) is 107 Å². The Kier molecular flexibility index (Phi) is 8.63. The first-order valence-corrected chi connectivity index (χ1v) is 13.4. The van der Waals surface area contributed by atoms with Gasteiger partial charge in [0, 0.05) is 49.1 Å². The van der Waals surface area contributed by atoms with Gasteiger partial charge in [-0.3, -0.25) is 0 Å². The number of nitrogens with zero attached hydrogens (tertiary/aromatic N) is 5. The van der Waals surface area contributed by atoms with E-state index in [1.165, 1.54) is 11.1 Å². The molecule has 0 N–H and O–H groups in total. The molecule has 2 aromatic heterocycles. The van der Waals surface area contributed by atoms with Gasteiger partial charge in [-0.25, -0.2) is 20.2 Å². The fourth-order valence-corrected chi connectivity index (χ4v) is 4.34. The van der Waals surface area contributed by atoms with Crippen LogP contribution in [-0.4, -0.2) is 19.9 Å². The van der Waals surface area contributed by atoms with E-state index in [1.54, 1.807) is 18.3 Å². The molecule has 0 fully saturated rings. The maximum atomic E-state index is 9.06. The molecular formula is C35H32IrN5-. The zero-order valence-electron chi connectivity index (χ0n) is 24.2. The Morgan fingerprint density at radius 2 is 1.07 bits per heavy atom. The molecule has 0 saturated heterocycles. The van der Waals surface area contributed by atoms with Gasteiger partial charge in [-0.2, -0.15) is 0 Å². The Morgan fingerprint density at radius 3 is 1.44 bits per heavy atom. The van der Waals surface area contributed by atoms with Gasteiger partial charge in [0.25, 0.3) is 0 Å². The van der Waals surface area contributed by atoms with Gasteiger partial charge in [0.2, 0.25) is 0 Å². The van der Waals surface area contributed by atoms with Crippen LogP contribution in [0, 0.1) is 17.4 Å². The van der Waals surface area contributed by atoms with Crippen LogP contribution in [0.1, 0.15) is 58.2 Å². The molecule has 0 saturated carbocycles. The second-order valence-corrected chi connectivity index (χ2v) is 12.0. The average Bonchev–Trinajstić information content (AvgIpc) is 2.96. The van der Waals surface area contributed by atoms with E-state index in [0.29, 0.717) is 23.0 Å². The Balaban J connectivity index is 0.00000387. The maximum Gasteiger partial charge on any atom is 0.165 e. The minimum Gasteiger partial charge on any atom is -0.304 e. The normalized spacial score (nSPS) is 11.4. The van der Waals surface area contributed by atoms with E-state index in [-0.39, 0.29) is 30.9 Å². The molecule has 5 aromatic rings. The van der Waals surface area contributed by atoms with Gasteiger partial charge >= 0.3 is 0 Å². The molecule has 0 aliphatic rings. The number of pyridine rings is 1. The van der Waals surface area contributed by atoms with Crippen molar-refractivity contribution in [2.24, 2.45) is 0 Å². The van der Waals surface area contributed by atoms with E-state index >= 15 is 0 Å². The molecule has 0 amide bonds. The first kappa shape index (κ1) is 29.9. The van der Waals surface area contributed by atoms with E-state index in [1.807, 2.05) is 18.2 Å². The summed E-state index contributed by atoms with van der Waals surface area (Å²) in [5.74, 6) is 1.79. The number of aromatic nitrogens is 4. The summed E-state index contributed by atoms with van der Waals surface area (Å²) in [4.78, 5) is 19.3. The molecule has 207 valence electrons. The molecule has 0 bridgehead atoms. The standard InChI is InChI=1S/C35H32N5.Ir/c1-34(2,3)28-16-11-25(12-17-28)31-38-32(26-13-18-29(19-14-26)35(4,5)6)40-33(39-31)27-15-20-30(37-22-27)24-9-7-23(21-36)8-10-24;/h7-9,11-20,22H,1-6H3;/q-1;. The molecule has 0 atom stereocenters. The number of nitriles is 1. The molecule has 5 nitrogen and oxygen atoms in total. The predicted molar refractivity (Wildman–Crippen MR) is 160 cm³/mol. The smallest absolute Gasteiger partial charge is 0.165 e. The molecule has 2 heterocycles. The summed E-state index contributed by atoms with van der Waals surface area (Å²) in [6.07, 6.45) is 1.77. The molecule has 5 rings (SSSR count). The maximum absolute atomic E-state index is 9.06. The van der Waals surface area contributed by atoms with Crippen LogP contribution in [0.3, 0.4) is 0 Å². The van der Waals surface area contributed by atoms with E-state index < -0.39 is 0 Å². The molecule has 1 radical (unpaired) electrons. The third-order valence-electron chi connectivity index (χ3n) is 6.89. The van der Waals surface area contributed by atoms with Crippen LogP contribution in [0.25, 0.3) is 45.4 Å². The Morgan fingerprint density at radius 1 is 0.610 bits per heavy atom. The number of benzene rings is 3. The molecule has 0 unspecified atom stereocenters. The number of hydrogen-bond acceptors (Lipinski definition) is 5. The molecule has 0 aliphatic heterocycles. The number of rotatable bonds is 4. The third-order valence-corrected chi connectivity index (χ3v) is 6.89. The second-order valence-electron chi connectivity index (χ2n) is 12.0. The molecule has 6 heteroatoms. The third kappa shape index (κ3) is 6.82. The van der Waals surface area contributed by atoms with E-state index in [9.17, 15) is 0 Å². The summed E-state index contributed by atoms with van der Waals surface area (Å²) in [5.41, 5.74) is 7.42. The largest absolute Gasteiger partial charge is 0.304 e. The summed E-state index contributed by atoms with van der Waals surface area (Å²) in [7, 11) is 0. The molecule has 0 spiro atoms. The van der Waals surface area contributed by atoms with Crippen LogP contribution in [0.15, 0.2) is 85.1 Å². The van der Waals surface area contributed by atoms with Crippen LogP contribution < -0.4 is 0 Å². The van der Waals surface area contributed by atoms with Crippen LogP contribution in [0.5, 0.6) is 0 Å². The van der Waals surface area contributed by atoms with Crippen molar-refractivity contribution in [2.45, 2.75) is 52.4 Å². The minimum atomic E-state index is 0. The van der Waals surface area contributed by atoms with Crippen molar-refractivity contribution in [3.63, 3.8) is 0 Å². The zero-order chi connectivity index (χ0) is 28.5. The van der Waals surface area contributed by atoms with Crippen LogP contribution in [-0.2, 0) is 30.9 Å². The van der Waals surface area contributed by atoms with Gasteiger partial charge in [0.1, 0.15) is 0 Å². The summed E-state index contributed by atoms with van der Waals surface area (Å²) < 4.78 is 0. The molecule has 0 aliphatic carbocycles. The van der Waals surface area contributed by atoms with Crippen molar-refractivity contribution < 1.29 is 20.1 Å². The van der Waals surface area contributed by atoms with Crippen molar-refractivity contribution in [1.29, 1.82) is 5.26 Å². The van der Waals surface area contributed by atoms with Crippen molar-refractivity contribution >= 4 is 0 Å². The van der Waals surface area contributed by atoms with E-state index in [0.717, 1.165) is 27.9 Å². The SMILES string of the molecule is CC(C)(C)c1ccc(-c2nc(-c3ccc(C(C)(C)C)cc3)nc(-c3ccc(-c4[c-]cc(C#N)cc4)nc3)n2)cc1.[Ir]. The first-order valence-electron chi connectivity index (χ1n) is 13.4. The van der Waals surface area contributed by atoms with Crippen LogP contribution in [0.2, 0.25) is 0 Å². The van der Waals surface area contributed by atoms with Gasteiger partial charge in [-0.1, -0.05) is 102 Å². The van der Waals surface area contributed by atoms with Gasteiger partial charge < -0.3 is 4.98 Å².